The molecule has 0 aromatic rings. The molecule has 0 bridgehead atoms. The van der Waals surface area contributed by atoms with Gasteiger partial charge in [-0.1, -0.05) is 141 Å². The van der Waals surface area contributed by atoms with Crippen LogP contribution < -0.4 is 21.7 Å². The Kier molecular flexibility index (Phi) is 35.5. The van der Waals surface area contributed by atoms with Crippen molar-refractivity contribution in [2.75, 3.05) is 26.2 Å². The van der Waals surface area contributed by atoms with Gasteiger partial charge in [-0.2, -0.15) is 0 Å². The van der Waals surface area contributed by atoms with E-state index in [0.29, 0.717) is 38.9 Å². The molecule has 3 amide bonds. The van der Waals surface area contributed by atoms with Gasteiger partial charge in [0.2, 0.25) is 18.2 Å². The number of nitrogens with two attached hydrogens (primary N) is 1. The average molecular weight is 689 g/mol. The molecule has 0 aliphatic carbocycles. The van der Waals surface area contributed by atoms with E-state index in [4.69, 9.17) is 5.73 Å². The van der Waals surface area contributed by atoms with Crippen molar-refractivity contribution in [1.29, 1.82) is 0 Å². The Hall–Kier alpha value is -2.15. The number of unbranched alkanes of at least 4 members (excludes halogenated alkanes) is 22. The van der Waals surface area contributed by atoms with Crippen molar-refractivity contribution in [3.63, 3.8) is 0 Å². The normalized spacial score (nSPS) is 11.8. The fourth-order valence-electron chi connectivity index (χ4n) is 6.12. The van der Waals surface area contributed by atoms with Crippen LogP contribution >= 0.6 is 0 Å². The smallest absolute Gasteiger partial charge is 0.220 e. The Morgan fingerprint density at radius 3 is 1.14 bits per heavy atom. The van der Waals surface area contributed by atoms with Crippen LogP contribution in [0, 0.1) is 5.41 Å². The third-order valence-corrected chi connectivity index (χ3v) is 9.65. The van der Waals surface area contributed by atoms with Gasteiger partial charge in [-0.3, -0.25) is 14.4 Å². The van der Waals surface area contributed by atoms with E-state index < -0.39 is 5.41 Å². The maximum atomic E-state index is 12.6. The number of nitrogens with one attached hydrogen (secondary N) is 3. The zero-order chi connectivity index (χ0) is 35.9. The third kappa shape index (κ3) is 32.8. The Labute approximate surface area is 303 Å². The van der Waals surface area contributed by atoms with Gasteiger partial charge in [0.25, 0.3) is 0 Å². The molecule has 0 rings (SSSR count). The number of rotatable bonds is 38. The minimum absolute atomic E-state index is 0.00109. The lowest BCUT2D eigenvalue weighted by Gasteiger charge is -2.32. The van der Waals surface area contributed by atoms with E-state index in [1.165, 1.54) is 116 Å². The summed E-state index contributed by atoms with van der Waals surface area (Å²) in [4.78, 5) is 36.2. The number of hydrogen-bond donors (Lipinski definition) is 4. The Balaban J connectivity index is 4.01. The lowest BCUT2D eigenvalue weighted by atomic mass is 9.87. The lowest BCUT2D eigenvalue weighted by molar-refractivity contribution is -0.121. The maximum Gasteiger partial charge on any atom is 0.220 e. The van der Waals surface area contributed by atoms with Gasteiger partial charge < -0.3 is 21.7 Å². The Morgan fingerprint density at radius 1 is 0.490 bits per heavy atom. The standard InChI is InChI=1S/C42H80N4O3/c1-3-5-7-9-11-13-15-17-19-21-23-25-27-29-31-33-40(48)45-37-42(35-43,36-44-39-47)38-46-41(49)34-32-30-28-26-24-22-20-18-16-14-12-10-8-6-4-2/h17-20,39H,3-16,21-38,43H2,1-2H3,(H,44,47)(H,45,48)(H,46,49)/b19-17-,20-18-. The predicted molar refractivity (Wildman–Crippen MR) is 210 cm³/mol. The van der Waals surface area contributed by atoms with E-state index in [1.807, 2.05) is 0 Å². The fraction of sp³-hybridized carbons (Fsp3) is 0.833. The van der Waals surface area contributed by atoms with Gasteiger partial charge in [-0.05, 0) is 64.2 Å². The molecule has 0 aromatic heterocycles. The van der Waals surface area contributed by atoms with E-state index in [0.717, 1.165) is 51.4 Å². The number of amides is 3. The molecule has 0 aromatic carbocycles. The molecule has 0 heterocycles. The summed E-state index contributed by atoms with van der Waals surface area (Å²) in [5.41, 5.74) is 5.51. The van der Waals surface area contributed by atoms with Gasteiger partial charge in [-0.15, -0.1) is 0 Å². The van der Waals surface area contributed by atoms with E-state index in [-0.39, 0.29) is 18.4 Å². The first-order valence-electron chi connectivity index (χ1n) is 20.7. The van der Waals surface area contributed by atoms with Crippen LogP contribution in [0.15, 0.2) is 24.3 Å². The van der Waals surface area contributed by atoms with Crippen LogP contribution in [0.1, 0.15) is 194 Å². The SMILES string of the molecule is CCCCCCCC/C=C\CCCCCCCC(=O)NCC(CN)(CNC=O)CNC(=O)CCCCCCC/C=C\CCCCCCCC. The largest absolute Gasteiger partial charge is 0.358 e. The summed E-state index contributed by atoms with van der Waals surface area (Å²) in [7, 11) is 0. The molecular formula is C42H80N4O3. The molecule has 0 fully saturated rings. The first kappa shape index (κ1) is 46.9. The monoisotopic (exact) mass is 689 g/mol. The minimum Gasteiger partial charge on any atom is -0.358 e. The van der Waals surface area contributed by atoms with Crippen LogP contribution in [0.2, 0.25) is 0 Å². The van der Waals surface area contributed by atoms with Crippen molar-refractivity contribution in [3.05, 3.63) is 24.3 Å². The summed E-state index contributed by atoms with van der Waals surface area (Å²) in [5, 5.41) is 8.75. The van der Waals surface area contributed by atoms with Crippen molar-refractivity contribution < 1.29 is 14.4 Å². The van der Waals surface area contributed by atoms with Gasteiger partial charge in [-0.25, -0.2) is 0 Å². The molecule has 7 heteroatoms. The highest BCUT2D eigenvalue weighted by Crippen LogP contribution is 2.15. The Morgan fingerprint density at radius 2 is 0.816 bits per heavy atom. The van der Waals surface area contributed by atoms with E-state index in [2.05, 4.69) is 54.1 Å². The van der Waals surface area contributed by atoms with Crippen molar-refractivity contribution in [1.82, 2.24) is 16.0 Å². The summed E-state index contributed by atoms with van der Waals surface area (Å²) in [6.45, 7) is 5.71. The molecule has 0 aliphatic rings. The zero-order valence-electron chi connectivity index (χ0n) is 32.3. The quantitative estimate of drug-likeness (QED) is 0.0294. The molecule has 0 saturated carbocycles. The highest BCUT2D eigenvalue weighted by Gasteiger charge is 2.29. The minimum atomic E-state index is -0.614. The van der Waals surface area contributed by atoms with E-state index in [1.54, 1.807) is 0 Å². The molecule has 49 heavy (non-hydrogen) atoms. The predicted octanol–water partition coefficient (Wildman–Crippen LogP) is 9.98. The summed E-state index contributed by atoms with van der Waals surface area (Å²) in [6.07, 6.45) is 42.9. The van der Waals surface area contributed by atoms with Crippen molar-refractivity contribution in [2.45, 2.75) is 194 Å². The topological polar surface area (TPSA) is 113 Å². The molecule has 0 aliphatic heterocycles. The van der Waals surface area contributed by atoms with Gasteiger partial charge in [0.15, 0.2) is 0 Å². The fourth-order valence-corrected chi connectivity index (χ4v) is 6.12. The number of allylic oxidation sites excluding steroid dienone is 4. The van der Waals surface area contributed by atoms with Gasteiger partial charge in [0, 0.05) is 44.4 Å². The summed E-state index contributed by atoms with van der Waals surface area (Å²) < 4.78 is 0. The maximum absolute atomic E-state index is 12.6. The zero-order valence-corrected chi connectivity index (χ0v) is 32.3. The molecule has 0 unspecified atom stereocenters. The molecule has 0 saturated heterocycles. The van der Waals surface area contributed by atoms with Crippen LogP contribution in [-0.2, 0) is 14.4 Å². The average Bonchev–Trinajstić information content (AvgIpc) is 3.11. The summed E-state index contributed by atoms with van der Waals surface area (Å²) in [6, 6.07) is 0. The van der Waals surface area contributed by atoms with E-state index in [9.17, 15) is 14.4 Å². The molecule has 0 atom stereocenters. The highest BCUT2D eigenvalue weighted by atomic mass is 16.2. The summed E-state index contributed by atoms with van der Waals surface area (Å²) in [5.74, 6) is 0.00218. The highest BCUT2D eigenvalue weighted by molar-refractivity contribution is 5.76. The van der Waals surface area contributed by atoms with Gasteiger partial charge in [0.1, 0.15) is 0 Å². The van der Waals surface area contributed by atoms with Crippen molar-refractivity contribution >= 4 is 18.2 Å². The number of hydrogen-bond acceptors (Lipinski definition) is 4. The molecule has 0 radical (unpaired) electrons. The van der Waals surface area contributed by atoms with Crippen LogP contribution in [0.4, 0.5) is 0 Å². The van der Waals surface area contributed by atoms with Gasteiger partial charge >= 0.3 is 0 Å². The number of carbonyl (C=O) groups excluding carboxylic acids is 3. The lowest BCUT2D eigenvalue weighted by Crippen LogP contribution is -2.54. The third-order valence-electron chi connectivity index (χ3n) is 9.65. The first-order chi connectivity index (χ1) is 24.0. The van der Waals surface area contributed by atoms with Gasteiger partial charge in [0.05, 0.1) is 0 Å². The Bertz CT molecular complexity index is 758. The molecule has 286 valence electrons. The van der Waals surface area contributed by atoms with Crippen molar-refractivity contribution in [2.24, 2.45) is 11.1 Å². The second-order valence-electron chi connectivity index (χ2n) is 14.4. The van der Waals surface area contributed by atoms with Crippen LogP contribution in [0.25, 0.3) is 0 Å². The first-order valence-corrected chi connectivity index (χ1v) is 20.7. The second-order valence-corrected chi connectivity index (χ2v) is 14.4. The van der Waals surface area contributed by atoms with Crippen LogP contribution in [0.5, 0.6) is 0 Å². The summed E-state index contributed by atoms with van der Waals surface area (Å²) >= 11 is 0. The number of carbonyl (C=O) groups is 3. The molecule has 5 N–H and O–H groups in total. The van der Waals surface area contributed by atoms with E-state index >= 15 is 0 Å². The van der Waals surface area contributed by atoms with Crippen LogP contribution in [-0.4, -0.2) is 44.4 Å². The van der Waals surface area contributed by atoms with Crippen LogP contribution in [0.3, 0.4) is 0 Å². The molecule has 0 spiro atoms. The molecular weight excluding hydrogens is 608 g/mol. The van der Waals surface area contributed by atoms with Crippen molar-refractivity contribution in [3.8, 4) is 0 Å². The molecule has 7 nitrogen and oxygen atoms in total. The second kappa shape index (κ2) is 37.1.